The monoisotopic (exact) mass is 322 g/mol. The van der Waals surface area contributed by atoms with Gasteiger partial charge in [0.25, 0.3) is 0 Å². The summed E-state index contributed by atoms with van der Waals surface area (Å²) in [5, 5.41) is 5.19. The topological polar surface area (TPSA) is 49.4 Å². The Labute approximate surface area is 129 Å². The van der Waals surface area contributed by atoms with E-state index in [1.165, 1.54) is 9.87 Å². The predicted molar refractivity (Wildman–Crippen MR) is 86.3 cm³/mol. The van der Waals surface area contributed by atoms with Crippen LogP contribution in [0.4, 0.5) is 5.69 Å². The second-order valence-corrected chi connectivity index (χ2v) is 8.19. The quantitative estimate of drug-likeness (QED) is 0.941. The first-order valence-electron chi connectivity index (χ1n) is 6.88. The molecule has 2 heterocycles. The number of thiophene rings is 1. The Morgan fingerprint density at radius 1 is 1.33 bits per heavy atom. The van der Waals surface area contributed by atoms with Gasteiger partial charge in [-0.15, -0.1) is 11.3 Å². The highest BCUT2D eigenvalue weighted by Gasteiger charge is 2.27. The van der Waals surface area contributed by atoms with Gasteiger partial charge in [0.2, 0.25) is 10.0 Å². The average molecular weight is 322 g/mol. The van der Waals surface area contributed by atoms with E-state index in [0.29, 0.717) is 4.90 Å². The first kappa shape index (κ1) is 14.6. The van der Waals surface area contributed by atoms with Crippen molar-refractivity contribution in [1.29, 1.82) is 0 Å². The molecule has 0 bridgehead atoms. The number of hydrogen-bond acceptors (Lipinski definition) is 4. The van der Waals surface area contributed by atoms with Crippen LogP contribution in [0.2, 0.25) is 0 Å². The molecule has 1 aliphatic rings. The highest BCUT2D eigenvalue weighted by atomic mass is 32.2. The summed E-state index contributed by atoms with van der Waals surface area (Å²) in [6, 6.07) is 9.10. The zero-order valence-corrected chi connectivity index (χ0v) is 13.7. The van der Waals surface area contributed by atoms with Gasteiger partial charge < -0.3 is 5.32 Å². The Bertz CT molecular complexity index is 739. The van der Waals surface area contributed by atoms with Gasteiger partial charge >= 0.3 is 0 Å². The van der Waals surface area contributed by atoms with Crippen molar-refractivity contribution < 1.29 is 8.42 Å². The largest absolute Gasteiger partial charge is 0.384 e. The van der Waals surface area contributed by atoms with E-state index in [9.17, 15) is 8.42 Å². The average Bonchev–Trinajstić information content (AvgIpc) is 3.15. The molecule has 0 amide bonds. The summed E-state index contributed by atoms with van der Waals surface area (Å²) >= 11 is 1.57. The molecule has 6 heteroatoms. The van der Waals surface area contributed by atoms with E-state index in [1.807, 2.05) is 30.5 Å². The van der Waals surface area contributed by atoms with Gasteiger partial charge in [0.05, 0.1) is 10.9 Å². The maximum Gasteiger partial charge on any atom is 0.243 e. The normalized spacial score (nSPS) is 15.8. The van der Waals surface area contributed by atoms with Gasteiger partial charge in [-0.3, -0.25) is 0 Å². The van der Waals surface area contributed by atoms with Gasteiger partial charge in [0, 0.05) is 24.2 Å². The lowest BCUT2D eigenvalue weighted by molar-refractivity contribution is 0.403. The molecule has 1 aliphatic heterocycles. The number of rotatable bonds is 4. The summed E-state index contributed by atoms with van der Waals surface area (Å²) < 4.78 is 27.0. The van der Waals surface area contributed by atoms with E-state index in [1.54, 1.807) is 30.5 Å². The zero-order chi connectivity index (χ0) is 15.0. The molecular weight excluding hydrogens is 304 g/mol. The Morgan fingerprint density at radius 3 is 2.86 bits per heavy atom. The smallest absolute Gasteiger partial charge is 0.243 e. The number of fused-ring (bicyclic) bond motifs is 1. The van der Waals surface area contributed by atoms with Crippen LogP contribution in [0, 0.1) is 0 Å². The molecular formula is C15H18N2O2S2. The van der Waals surface area contributed by atoms with Crippen molar-refractivity contribution in [2.24, 2.45) is 0 Å². The number of anilines is 1. The molecule has 1 unspecified atom stereocenters. The van der Waals surface area contributed by atoms with Gasteiger partial charge in [-0.05, 0) is 42.5 Å². The van der Waals surface area contributed by atoms with Crippen LogP contribution in [0.1, 0.15) is 23.4 Å². The van der Waals surface area contributed by atoms with Gasteiger partial charge in [-0.2, -0.15) is 4.31 Å². The molecule has 0 saturated carbocycles. The lowest BCUT2D eigenvalue weighted by atomic mass is 10.2. The number of hydrogen-bond donors (Lipinski definition) is 1. The maximum atomic E-state index is 12.8. The van der Waals surface area contributed by atoms with Crippen molar-refractivity contribution in [2.75, 3.05) is 18.9 Å². The molecule has 0 saturated heterocycles. The second kappa shape index (κ2) is 5.44. The Hall–Kier alpha value is -1.37. The fourth-order valence-electron chi connectivity index (χ4n) is 2.51. The fraction of sp³-hybridized carbons (Fsp3) is 0.333. The predicted octanol–water partition coefficient (Wildman–Crippen LogP) is 3.10. The molecule has 1 aromatic carbocycles. The van der Waals surface area contributed by atoms with Crippen LogP contribution >= 0.6 is 11.3 Å². The molecule has 4 nitrogen and oxygen atoms in total. The van der Waals surface area contributed by atoms with Crippen molar-refractivity contribution in [3.05, 3.63) is 46.2 Å². The van der Waals surface area contributed by atoms with Crippen LogP contribution < -0.4 is 5.32 Å². The zero-order valence-electron chi connectivity index (χ0n) is 12.0. The molecule has 1 N–H and O–H groups in total. The summed E-state index contributed by atoms with van der Waals surface area (Å²) in [4.78, 5) is 1.39. The minimum absolute atomic E-state index is 0.170. The van der Waals surface area contributed by atoms with E-state index in [-0.39, 0.29) is 6.04 Å². The molecule has 0 spiro atoms. The molecule has 112 valence electrons. The van der Waals surface area contributed by atoms with Crippen molar-refractivity contribution in [1.82, 2.24) is 4.31 Å². The summed E-state index contributed by atoms with van der Waals surface area (Å²) in [5.41, 5.74) is 2.12. The van der Waals surface area contributed by atoms with Crippen molar-refractivity contribution >= 4 is 27.0 Å². The van der Waals surface area contributed by atoms with Crippen molar-refractivity contribution in [3.8, 4) is 0 Å². The Balaban J connectivity index is 1.93. The summed E-state index contributed by atoms with van der Waals surface area (Å²) in [5.74, 6) is 0. The lowest BCUT2D eigenvalue weighted by Crippen LogP contribution is -2.29. The second-order valence-electron chi connectivity index (χ2n) is 5.21. The number of nitrogens with one attached hydrogen (secondary N) is 1. The van der Waals surface area contributed by atoms with Crippen LogP contribution in [0.3, 0.4) is 0 Å². The third-order valence-corrected chi connectivity index (χ3v) is 6.94. The number of sulfonamides is 1. The first-order chi connectivity index (χ1) is 10.00. The highest BCUT2D eigenvalue weighted by Crippen LogP contribution is 2.31. The summed E-state index contributed by atoms with van der Waals surface area (Å²) in [7, 11) is -1.85. The fourth-order valence-corrected chi connectivity index (χ4v) is 4.78. The molecule has 1 atom stereocenters. The number of benzene rings is 1. The van der Waals surface area contributed by atoms with E-state index in [4.69, 9.17) is 0 Å². The summed E-state index contributed by atoms with van der Waals surface area (Å²) in [6.45, 7) is 2.79. The van der Waals surface area contributed by atoms with E-state index in [2.05, 4.69) is 5.32 Å². The summed E-state index contributed by atoms with van der Waals surface area (Å²) in [6.07, 6.45) is 0.955. The molecule has 0 aliphatic carbocycles. The van der Waals surface area contributed by atoms with E-state index < -0.39 is 10.0 Å². The number of nitrogens with zero attached hydrogens (tertiary/aromatic N) is 1. The Kier molecular flexibility index (Phi) is 3.77. The van der Waals surface area contributed by atoms with E-state index in [0.717, 1.165) is 23.5 Å². The van der Waals surface area contributed by atoms with Crippen molar-refractivity contribution in [3.63, 3.8) is 0 Å². The molecule has 0 fully saturated rings. The third-order valence-electron chi connectivity index (χ3n) is 3.97. The van der Waals surface area contributed by atoms with Crippen LogP contribution in [0.25, 0.3) is 0 Å². The third kappa shape index (κ3) is 2.59. The standard InChI is InChI=1S/C15H18N2O2S2/c1-11(15-4-3-9-20-15)17(2)21(18,19)13-6-5-12-7-8-16-14(12)10-13/h3-6,9-11,16H,7-8H2,1-2H3. The molecule has 1 aromatic heterocycles. The van der Waals surface area contributed by atoms with Gasteiger partial charge in [-0.1, -0.05) is 12.1 Å². The molecule has 3 rings (SSSR count). The molecule has 0 radical (unpaired) electrons. The molecule has 2 aromatic rings. The first-order valence-corrected chi connectivity index (χ1v) is 9.20. The maximum absolute atomic E-state index is 12.8. The van der Waals surface area contributed by atoms with Crippen LogP contribution in [-0.4, -0.2) is 26.3 Å². The van der Waals surface area contributed by atoms with Crippen LogP contribution in [0.5, 0.6) is 0 Å². The molecule has 21 heavy (non-hydrogen) atoms. The Morgan fingerprint density at radius 2 is 2.14 bits per heavy atom. The lowest BCUT2D eigenvalue weighted by Gasteiger charge is -2.23. The van der Waals surface area contributed by atoms with Crippen LogP contribution in [0.15, 0.2) is 40.6 Å². The van der Waals surface area contributed by atoms with E-state index >= 15 is 0 Å². The minimum atomic E-state index is -3.49. The van der Waals surface area contributed by atoms with Gasteiger partial charge in [0.1, 0.15) is 0 Å². The van der Waals surface area contributed by atoms with Gasteiger partial charge in [0.15, 0.2) is 0 Å². The SMILES string of the molecule is CC(c1cccs1)N(C)S(=O)(=O)c1ccc2c(c1)NCC2. The van der Waals surface area contributed by atoms with Gasteiger partial charge in [-0.25, -0.2) is 8.42 Å². The van der Waals surface area contributed by atoms with Crippen LogP contribution in [-0.2, 0) is 16.4 Å². The van der Waals surface area contributed by atoms with Crippen molar-refractivity contribution in [2.45, 2.75) is 24.3 Å². The highest BCUT2D eigenvalue weighted by molar-refractivity contribution is 7.89. The minimum Gasteiger partial charge on any atom is -0.384 e.